The van der Waals surface area contributed by atoms with Crippen molar-refractivity contribution in [2.24, 2.45) is 0 Å². The predicted octanol–water partition coefficient (Wildman–Crippen LogP) is 3.19. The number of fused-ring (bicyclic) bond motifs is 1. The van der Waals surface area contributed by atoms with Gasteiger partial charge in [0.1, 0.15) is 17.3 Å². The van der Waals surface area contributed by atoms with E-state index in [1.165, 1.54) is 16.8 Å². The highest BCUT2D eigenvalue weighted by molar-refractivity contribution is 6.31. The molecule has 108 valence electrons. The molecule has 2 aromatic carbocycles. The van der Waals surface area contributed by atoms with Gasteiger partial charge in [0.15, 0.2) is 0 Å². The van der Waals surface area contributed by atoms with Gasteiger partial charge in [0.2, 0.25) is 0 Å². The number of phenols is 1. The Balaban J connectivity index is 2.26. The lowest BCUT2D eigenvalue weighted by molar-refractivity contribution is 0.272. The van der Waals surface area contributed by atoms with Crippen LogP contribution in [0.25, 0.3) is 22.2 Å². The van der Waals surface area contributed by atoms with Gasteiger partial charge >= 0.3 is 0 Å². The molecular weight excluding hydrogens is 295 g/mol. The molecule has 0 saturated heterocycles. The summed E-state index contributed by atoms with van der Waals surface area (Å²) in [6.45, 7) is 0.158. The number of aliphatic hydroxyl groups is 1. The molecule has 0 amide bonds. The fourth-order valence-electron chi connectivity index (χ4n) is 2.27. The van der Waals surface area contributed by atoms with E-state index in [-0.39, 0.29) is 23.9 Å². The second kappa shape index (κ2) is 5.35. The minimum absolute atomic E-state index is 0.0195. The molecule has 0 unspecified atom stereocenters. The number of hydrogen-bond acceptors (Lipinski definition) is 3. The second-order valence-electron chi connectivity index (χ2n) is 4.63. The molecule has 6 heteroatoms. The van der Waals surface area contributed by atoms with E-state index in [1.54, 1.807) is 24.3 Å². The van der Waals surface area contributed by atoms with Crippen molar-refractivity contribution in [1.82, 2.24) is 9.78 Å². The molecular formula is C15H12ClFN2O2. The van der Waals surface area contributed by atoms with E-state index in [9.17, 15) is 9.50 Å². The Morgan fingerprint density at radius 1 is 1.19 bits per heavy atom. The van der Waals surface area contributed by atoms with E-state index in [2.05, 4.69) is 5.10 Å². The molecule has 3 aromatic rings. The van der Waals surface area contributed by atoms with Crippen molar-refractivity contribution >= 4 is 22.5 Å². The second-order valence-corrected chi connectivity index (χ2v) is 5.03. The van der Waals surface area contributed by atoms with Gasteiger partial charge in [0.25, 0.3) is 0 Å². The Morgan fingerprint density at radius 3 is 2.57 bits per heavy atom. The van der Waals surface area contributed by atoms with Crippen LogP contribution < -0.4 is 0 Å². The van der Waals surface area contributed by atoms with Gasteiger partial charge in [0.05, 0.1) is 23.7 Å². The number of hydrogen-bond donors (Lipinski definition) is 2. The van der Waals surface area contributed by atoms with E-state index >= 15 is 0 Å². The number of aromatic hydroxyl groups is 1. The summed E-state index contributed by atoms with van der Waals surface area (Å²) in [4.78, 5) is 0. The average molecular weight is 307 g/mol. The fourth-order valence-corrected chi connectivity index (χ4v) is 2.43. The van der Waals surface area contributed by atoms with Crippen molar-refractivity contribution in [1.29, 1.82) is 0 Å². The van der Waals surface area contributed by atoms with Crippen molar-refractivity contribution in [3.63, 3.8) is 0 Å². The van der Waals surface area contributed by atoms with Gasteiger partial charge in [-0.15, -0.1) is 0 Å². The third-order valence-electron chi connectivity index (χ3n) is 3.25. The molecule has 0 bridgehead atoms. The van der Waals surface area contributed by atoms with E-state index in [0.717, 1.165) is 5.56 Å². The monoisotopic (exact) mass is 306 g/mol. The lowest BCUT2D eigenvalue weighted by Gasteiger charge is -2.00. The van der Waals surface area contributed by atoms with Gasteiger partial charge < -0.3 is 10.2 Å². The molecule has 4 nitrogen and oxygen atoms in total. The van der Waals surface area contributed by atoms with Gasteiger partial charge in [-0.05, 0) is 30.3 Å². The van der Waals surface area contributed by atoms with E-state index < -0.39 is 5.82 Å². The standard InChI is InChI=1S/C15H12ClFN2O2/c16-12-7-11-14(8-13(12)17)19(5-6-20)18-15(11)9-1-3-10(21)4-2-9/h1-4,7-8,20-21H,5-6H2. The summed E-state index contributed by atoms with van der Waals surface area (Å²) < 4.78 is 15.2. The van der Waals surface area contributed by atoms with Crippen molar-refractivity contribution in [2.45, 2.75) is 6.54 Å². The van der Waals surface area contributed by atoms with Gasteiger partial charge in [0, 0.05) is 17.0 Å². The van der Waals surface area contributed by atoms with Crippen LogP contribution in [-0.4, -0.2) is 26.6 Å². The zero-order valence-electron chi connectivity index (χ0n) is 10.9. The third-order valence-corrected chi connectivity index (χ3v) is 3.53. The minimum Gasteiger partial charge on any atom is -0.508 e. The summed E-state index contributed by atoms with van der Waals surface area (Å²) in [6, 6.07) is 9.38. The quantitative estimate of drug-likeness (QED) is 0.781. The Labute approximate surface area is 125 Å². The smallest absolute Gasteiger partial charge is 0.143 e. The van der Waals surface area contributed by atoms with E-state index in [1.807, 2.05) is 0 Å². The van der Waals surface area contributed by atoms with Gasteiger partial charge in [-0.1, -0.05) is 11.6 Å². The van der Waals surface area contributed by atoms with Crippen molar-refractivity contribution in [2.75, 3.05) is 6.61 Å². The van der Waals surface area contributed by atoms with Crippen LogP contribution in [0, 0.1) is 5.82 Å². The maximum Gasteiger partial charge on any atom is 0.143 e. The number of aromatic nitrogens is 2. The van der Waals surface area contributed by atoms with Crippen LogP contribution in [0.2, 0.25) is 5.02 Å². The van der Waals surface area contributed by atoms with E-state index in [0.29, 0.717) is 16.6 Å². The molecule has 0 fully saturated rings. The van der Waals surface area contributed by atoms with Gasteiger partial charge in [-0.3, -0.25) is 4.68 Å². The van der Waals surface area contributed by atoms with Crippen molar-refractivity contribution in [3.05, 3.63) is 47.2 Å². The van der Waals surface area contributed by atoms with Crippen LogP contribution in [0.4, 0.5) is 4.39 Å². The predicted molar refractivity (Wildman–Crippen MR) is 78.9 cm³/mol. The Bertz CT molecular complexity index is 800. The first kappa shape index (κ1) is 13.9. The highest BCUT2D eigenvalue weighted by Crippen LogP contribution is 2.32. The van der Waals surface area contributed by atoms with Gasteiger partial charge in [-0.2, -0.15) is 5.10 Å². The molecule has 0 spiro atoms. The molecule has 0 saturated carbocycles. The zero-order valence-corrected chi connectivity index (χ0v) is 11.7. The lowest BCUT2D eigenvalue weighted by Crippen LogP contribution is -2.03. The number of aliphatic hydroxyl groups excluding tert-OH is 1. The molecule has 1 heterocycles. The summed E-state index contributed by atoms with van der Waals surface area (Å²) in [5, 5.41) is 23.6. The Kier molecular flexibility index (Phi) is 3.53. The first-order valence-electron chi connectivity index (χ1n) is 6.36. The zero-order chi connectivity index (χ0) is 15.0. The first-order valence-corrected chi connectivity index (χ1v) is 6.74. The van der Waals surface area contributed by atoms with Crippen LogP contribution in [0.3, 0.4) is 0 Å². The van der Waals surface area contributed by atoms with Crippen LogP contribution in [0.5, 0.6) is 5.75 Å². The summed E-state index contributed by atoms with van der Waals surface area (Å²) >= 11 is 5.86. The Hall–Kier alpha value is -2.11. The molecule has 0 radical (unpaired) electrons. The highest BCUT2D eigenvalue weighted by atomic mass is 35.5. The summed E-state index contributed by atoms with van der Waals surface area (Å²) in [6.07, 6.45) is 0. The van der Waals surface area contributed by atoms with Crippen LogP contribution in [0.15, 0.2) is 36.4 Å². The summed E-state index contributed by atoms with van der Waals surface area (Å²) in [5.74, 6) is -0.373. The summed E-state index contributed by atoms with van der Waals surface area (Å²) in [7, 11) is 0. The van der Waals surface area contributed by atoms with Gasteiger partial charge in [-0.25, -0.2) is 4.39 Å². The molecule has 2 N–H and O–H groups in total. The lowest BCUT2D eigenvalue weighted by atomic mass is 10.1. The number of phenolic OH excluding ortho intramolecular Hbond substituents is 1. The molecule has 0 aliphatic carbocycles. The minimum atomic E-state index is -0.527. The largest absolute Gasteiger partial charge is 0.508 e. The number of nitrogens with zero attached hydrogens (tertiary/aromatic N) is 2. The fraction of sp³-hybridized carbons (Fsp3) is 0.133. The van der Waals surface area contributed by atoms with E-state index in [4.69, 9.17) is 16.7 Å². The number of halogens is 2. The van der Waals surface area contributed by atoms with Crippen molar-refractivity contribution < 1.29 is 14.6 Å². The maximum atomic E-state index is 13.7. The number of benzene rings is 2. The Morgan fingerprint density at radius 2 is 1.90 bits per heavy atom. The molecule has 0 aliphatic heterocycles. The average Bonchev–Trinajstić information content (AvgIpc) is 2.79. The molecule has 21 heavy (non-hydrogen) atoms. The first-order chi connectivity index (χ1) is 10.1. The normalized spacial score (nSPS) is 11.2. The number of rotatable bonds is 3. The SMILES string of the molecule is OCCn1nc(-c2ccc(O)cc2)c2cc(Cl)c(F)cc21. The van der Waals surface area contributed by atoms with Crippen LogP contribution >= 0.6 is 11.6 Å². The molecule has 0 aliphatic rings. The molecule has 3 rings (SSSR count). The van der Waals surface area contributed by atoms with Crippen LogP contribution in [0.1, 0.15) is 0 Å². The van der Waals surface area contributed by atoms with Crippen LogP contribution in [-0.2, 0) is 6.54 Å². The molecule has 1 aromatic heterocycles. The highest BCUT2D eigenvalue weighted by Gasteiger charge is 2.15. The molecule has 0 atom stereocenters. The summed E-state index contributed by atoms with van der Waals surface area (Å²) in [5.41, 5.74) is 1.96. The maximum absolute atomic E-state index is 13.7. The van der Waals surface area contributed by atoms with Crippen molar-refractivity contribution in [3.8, 4) is 17.0 Å². The third kappa shape index (κ3) is 2.46. The topological polar surface area (TPSA) is 58.3 Å².